The van der Waals surface area contributed by atoms with Crippen molar-refractivity contribution >= 4 is 29.1 Å². The van der Waals surface area contributed by atoms with Crippen LogP contribution in [0.3, 0.4) is 0 Å². The molecule has 4 heterocycles. The van der Waals surface area contributed by atoms with Gasteiger partial charge < -0.3 is 24.2 Å². The molecule has 0 radical (unpaired) electrons. The number of nitrogens with zero attached hydrogens (tertiary/aromatic N) is 4. The molecule has 3 fully saturated rings. The lowest BCUT2D eigenvalue weighted by atomic mass is 9.73. The van der Waals surface area contributed by atoms with E-state index in [9.17, 15) is 22.8 Å². The van der Waals surface area contributed by atoms with Crippen molar-refractivity contribution in [3.63, 3.8) is 0 Å². The largest absolute Gasteiger partial charge is 0.443 e. The molecule has 0 aromatic heterocycles. The SMILES string of the molecule is CC(C)(C)OC(=O)N1C[C@@H]2CCCN2c2cc(N3CCC4(CC3)C[C@@H](CC(=O)N3CCOC[C@H]3Cc3ccc(F)c(F)c3)c3ccc(F)cc34)ccc21. The first kappa shape index (κ1) is 35.8. The van der Waals surface area contributed by atoms with Crippen LogP contribution in [0.15, 0.2) is 54.6 Å². The second-order valence-corrected chi connectivity index (χ2v) is 16.6. The standard InChI is InChI=1S/C42H49F3N4O4/c1-41(2,3)53-40(51)49-25-31-5-4-14-47(31)38-23-30(8-11-37(38)49)46-15-12-42(13-16-46)24-28(33-9-7-29(43)22-34(33)42)21-39(50)48-17-18-52-26-32(48)19-27-6-10-35(44)36(45)20-27/h6-11,20,22-23,28,31-32H,4-5,12-19,21,24-26H2,1-3H3/t28-,31+,32-/m1/s1. The summed E-state index contributed by atoms with van der Waals surface area (Å²) in [6, 6.07) is 15.3. The molecule has 3 saturated heterocycles. The molecule has 0 bridgehead atoms. The van der Waals surface area contributed by atoms with E-state index in [1.807, 2.05) is 31.7 Å². The van der Waals surface area contributed by atoms with Gasteiger partial charge in [0.2, 0.25) is 5.91 Å². The van der Waals surface area contributed by atoms with E-state index in [0.29, 0.717) is 44.7 Å². The summed E-state index contributed by atoms with van der Waals surface area (Å²) in [4.78, 5) is 35.8. The van der Waals surface area contributed by atoms with Crippen LogP contribution >= 0.6 is 0 Å². The molecule has 0 unspecified atom stereocenters. The van der Waals surface area contributed by atoms with Crippen LogP contribution in [0, 0.1) is 17.5 Å². The Kier molecular flexibility index (Phi) is 9.36. The highest BCUT2D eigenvalue weighted by atomic mass is 19.2. The predicted octanol–water partition coefficient (Wildman–Crippen LogP) is 7.71. The number of carbonyl (C=O) groups is 2. The summed E-state index contributed by atoms with van der Waals surface area (Å²) in [5.41, 5.74) is 4.93. The molecule has 8 nitrogen and oxygen atoms in total. The molecule has 1 aliphatic carbocycles. The molecule has 3 aromatic rings. The number of hydrogen-bond acceptors (Lipinski definition) is 6. The van der Waals surface area contributed by atoms with Crippen LogP contribution in [-0.4, -0.2) is 80.5 Å². The monoisotopic (exact) mass is 730 g/mol. The Labute approximate surface area is 309 Å². The van der Waals surface area contributed by atoms with Crippen molar-refractivity contribution in [1.29, 1.82) is 0 Å². The molecular weight excluding hydrogens is 681 g/mol. The molecule has 3 aromatic carbocycles. The van der Waals surface area contributed by atoms with E-state index in [1.54, 1.807) is 17.0 Å². The molecule has 0 N–H and O–H groups in total. The number of hydrogen-bond donors (Lipinski definition) is 0. The van der Waals surface area contributed by atoms with E-state index in [2.05, 4.69) is 28.0 Å². The van der Waals surface area contributed by atoms with Gasteiger partial charge in [0.1, 0.15) is 11.4 Å². The molecule has 0 saturated carbocycles. The number of carbonyl (C=O) groups excluding carboxylic acids is 2. The lowest BCUT2D eigenvalue weighted by Crippen LogP contribution is -2.50. The summed E-state index contributed by atoms with van der Waals surface area (Å²) in [5, 5.41) is 0. The van der Waals surface area contributed by atoms with Gasteiger partial charge in [-0.2, -0.15) is 0 Å². The van der Waals surface area contributed by atoms with Gasteiger partial charge >= 0.3 is 6.09 Å². The minimum Gasteiger partial charge on any atom is -0.443 e. The van der Waals surface area contributed by atoms with Crippen LogP contribution in [0.2, 0.25) is 0 Å². The van der Waals surface area contributed by atoms with Crippen molar-refractivity contribution in [1.82, 2.24) is 4.90 Å². The van der Waals surface area contributed by atoms with Crippen molar-refractivity contribution in [2.75, 3.05) is 60.6 Å². The summed E-state index contributed by atoms with van der Waals surface area (Å²) in [7, 11) is 0. The lowest BCUT2D eigenvalue weighted by molar-refractivity contribution is -0.140. The molecule has 1 spiro atoms. The smallest absolute Gasteiger partial charge is 0.414 e. The zero-order valence-corrected chi connectivity index (χ0v) is 30.9. The second kappa shape index (κ2) is 13.9. The fourth-order valence-electron chi connectivity index (χ4n) is 9.61. The van der Waals surface area contributed by atoms with Crippen LogP contribution < -0.4 is 14.7 Å². The third-order valence-corrected chi connectivity index (χ3v) is 12.1. The van der Waals surface area contributed by atoms with Crippen molar-refractivity contribution in [3.8, 4) is 0 Å². The van der Waals surface area contributed by atoms with Crippen LogP contribution in [0.1, 0.15) is 81.9 Å². The van der Waals surface area contributed by atoms with Crippen LogP contribution in [-0.2, 0) is 26.1 Å². The normalized spacial score (nSPS) is 23.5. The van der Waals surface area contributed by atoms with Crippen molar-refractivity contribution < 1.29 is 32.2 Å². The van der Waals surface area contributed by atoms with E-state index in [-0.39, 0.29) is 41.2 Å². The molecule has 4 aliphatic heterocycles. The van der Waals surface area contributed by atoms with E-state index < -0.39 is 17.2 Å². The van der Waals surface area contributed by atoms with E-state index in [0.717, 1.165) is 86.0 Å². The third kappa shape index (κ3) is 6.97. The Morgan fingerprint density at radius 2 is 1.74 bits per heavy atom. The van der Waals surface area contributed by atoms with Gasteiger partial charge in [0.05, 0.1) is 30.6 Å². The summed E-state index contributed by atoms with van der Waals surface area (Å²) < 4.78 is 54.0. The highest BCUT2D eigenvalue weighted by Crippen LogP contribution is 2.54. The molecule has 3 atom stereocenters. The summed E-state index contributed by atoms with van der Waals surface area (Å²) in [6.07, 6.45) is 4.91. The highest BCUT2D eigenvalue weighted by molar-refractivity contribution is 5.95. The Balaban J connectivity index is 0.984. The third-order valence-electron chi connectivity index (χ3n) is 12.1. The maximum absolute atomic E-state index is 14.9. The van der Waals surface area contributed by atoms with Crippen LogP contribution in [0.5, 0.6) is 0 Å². The van der Waals surface area contributed by atoms with Gasteiger partial charge in [-0.15, -0.1) is 0 Å². The van der Waals surface area contributed by atoms with Gasteiger partial charge in [-0.25, -0.2) is 18.0 Å². The number of halogens is 3. The number of amides is 2. The molecule has 8 rings (SSSR count). The van der Waals surface area contributed by atoms with E-state index >= 15 is 0 Å². The number of benzene rings is 3. The number of piperidine rings is 1. The molecule has 53 heavy (non-hydrogen) atoms. The molecule has 282 valence electrons. The second-order valence-electron chi connectivity index (χ2n) is 16.6. The van der Waals surface area contributed by atoms with Gasteiger partial charge in [0.25, 0.3) is 0 Å². The maximum atomic E-state index is 14.9. The van der Waals surface area contributed by atoms with Gasteiger partial charge in [0.15, 0.2) is 11.6 Å². The number of anilines is 3. The number of fused-ring (bicyclic) bond motifs is 5. The van der Waals surface area contributed by atoms with Gasteiger partial charge in [-0.3, -0.25) is 9.69 Å². The van der Waals surface area contributed by atoms with E-state index in [4.69, 9.17) is 9.47 Å². The molecular formula is C42H49F3N4O4. The topological polar surface area (TPSA) is 65.6 Å². The zero-order valence-electron chi connectivity index (χ0n) is 30.9. The quantitative estimate of drug-likeness (QED) is 0.268. The van der Waals surface area contributed by atoms with Crippen molar-refractivity contribution in [2.24, 2.45) is 0 Å². The van der Waals surface area contributed by atoms with Gasteiger partial charge in [0, 0.05) is 50.9 Å². The van der Waals surface area contributed by atoms with Gasteiger partial charge in [-0.1, -0.05) is 12.1 Å². The predicted molar refractivity (Wildman–Crippen MR) is 198 cm³/mol. The summed E-state index contributed by atoms with van der Waals surface area (Å²) in [6.45, 7) is 10.0. The van der Waals surface area contributed by atoms with E-state index in [1.165, 1.54) is 12.1 Å². The Hall–Kier alpha value is -4.25. The van der Waals surface area contributed by atoms with Gasteiger partial charge in [-0.05, 0) is 130 Å². The molecule has 5 aliphatic rings. The number of morpholine rings is 1. The number of rotatable bonds is 5. The fraction of sp³-hybridized carbons (Fsp3) is 0.524. The summed E-state index contributed by atoms with van der Waals surface area (Å²) in [5.74, 6) is -2.11. The zero-order chi connectivity index (χ0) is 37.1. The minimum absolute atomic E-state index is 0.00495. The first-order chi connectivity index (χ1) is 25.4. The van der Waals surface area contributed by atoms with Crippen molar-refractivity contribution in [2.45, 2.75) is 94.7 Å². The first-order valence-corrected chi connectivity index (χ1v) is 19.1. The maximum Gasteiger partial charge on any atom is 0.414 e. The Bertz CT molecular complexity index is 1890. The highest BCUT2D eigenvalue weighted by Gasteiger charge is 2.47. The fourth-order valence-corrected chi connectivity index (χ4v) is 9.61. The summed E-state index contributed by atoms with van der Waals surface area (Å²) >= 11 is 0. The molecule has 2 amide bonds. The minimum atomic E-state index is -0.903. The average Bonchev–Trinajstić information content (AvgIpc) is 3.72. The Morgan fingerprint density at radius 1 is 0.925 bits per heavy atom. The lowest BCUT2D eigenvalue weighted by Gasteiger charge is -2.43. The molecule has 11 heteroatoms. The Morgan fingerprint density at radius 3 is 2.51 bits per heavy atom. The van der Waals surface area contributed by atoms with Crippen molar-refractivity contribution in [3.05, 3.63) is 88.7 Å². The van der Waals surface area contributed by atoms with Crippen LogP contribution in [0.4, 0.5) is 35.0 Å². The number of ether oxygens (including phenoxy) is 2. The van der Waals surface area contributed by atoms with Crippen LogP contribution in [0.25, 0.3) is 0 Å². The first-order valence-electron chi connectivity index (χ1n) is 19.1. The average molecular weight is 731 g/mol.